The number of methoxy groups -OCH3 is 1. The lowest BCUT2D eigenvalue weighted by Crippen LogP contribution is -2.47. The van der Waals surface area contributed by atoms with Crippen molar-refractivity contribution in [3.05, 3.63) is 29.8 Å². The van der Waals surface area contributed by atoms with Crippen molar-refractivity contribution in [2.45, 2.75) is 38.6 Å². The summed E-state index contributed by atoms with van der Waals surface area (Å²) in [6.07, 6.45) is 4.20. The van der Waals surface area contributed by atoms with Gasteiger partial charge in [0.25, 0.3) is 10.2 Å². The number of hydrogen-bond donors (Lipinski definition) is 1. The van der Waals surface area contributed by atoms with Gasteiger partial charge in [-0.05, 0) is 62.4 Å². The molecule has 3 rings (SSSR count). The van der Waals surface area contributed by atoms with E-state index in [1.165, 1.54) is 0 Å². The van der Waals surface area contributed by atoms with E-state index < -0.39 is 10.2 Å². The molecule has 2 heterocycles. The Morgan fingerprint density at radius 3 is 2.54 bits per heavy atom. The summed E-state index contributed by atoms with van der Waals surface area (Å²) in [6.45, 7) is 5.81. The third-order valence-electron chi connectivity index (χ3n) is 5.60. The molecule has 26 heavy (non-hydrogen) atoms. The highest BCUT2D eigenvalue weighted by atomic mass is 32.2. The first-order chi connectivity index (χ1) is 12.5. The van der Waals surface area contributed by atoms with E-state index in [1.807, 2.05) is 18.2 Å². The van der Waals surface area contributed by atoms with E-state index in [1.54, 1.807) is 11.4 Å². The lowest BCUT2D eigenvalue weighted by Gasteiger charge is -2.32. The van der Waals surface area contributed by atoms with Crippen molar-refractivity contribution >= 4 is 10.2 Å². The summed E-state index contributed by atoms with van der Waals surface area (Å²) in [5.74, 6) is 1.41. The molecule has 7 heteroatoms. The maximum absolute atomic E-state index is 12.7. The minimum absolute atomic E-state index is 0.0334. The Morgan fingerprint density at radius 1 is 1.19 bits per heavy atom. The lowest BCUT2D eigenvalue weighted by molar-refractivity contribution is 0.242. The van der Waals surface area contributed by atoms with Crippen molar-refractivity contribution in [2.75, 3.05) is 39.8 Å². The van der Waals surface area contributed by atoms with E-state index in [-0.39, 0.29) is 6.04 Å². The molecule has 1 N–H and O–H groups in total. The first-order valence-electron chi connectivity index (χ1n) is 9.62. The normalized spacial score (nSPS) is 21.8. The monoisotopic (exact) mass is 381 g/mol. The number of piperidine rings is 1. The van der Waals surface area contributed by atoms with E-state index in [0.29, 0.717) is 25.6 Å². The van der Waals surface area contributed by atoms with Gasteiger partial charge >= 0.3 is 0 Å². The number of rotatable bonds is 7. The van der Waals surface area contributed by atoms with Crippen LogP contribution >= 0.6 is 0 Å². The van der Waals surface area contributed by atoms with Gasteiger partial charge in [0.2, 0.25) is 0 Å². The number of likely N-dealkylation sites (tertiary alicyclic amines) is 1. The summed E-state index contributed by atoms with van der Waals surface area (Å²) in [6, 6.07) is 8.00. The molecule has 0 spiro atoms. The maximum Gasteiger partial charge on any atom is 0.279 e. The van der Waals surface area contributed by atoms with Crippen LogP contribution in [0.25, 0.3) is 0 Å². The zero-order valence-electron chi connectivity index (χ0n) is 15.9. The maximum atomic E-state index is 12.7. The lowest BCUT2D eigenvalue weighted by atomic mass is 10.0. The van der Waals surface area contributed by atoms with Crippen LogP contribution in [0.1, 0.15) is 44.2 Å². The van der Waals surface area contributed by atoms with Crippen molar-refractivity contribution in [3.8, 4) is 5.75 Å². The van der Waals surface area contributed by atoms with Gasteiger partial charge in [-0.2, -0.15) is 12.7 Å². The molecule has 0 aromatic heterocycles. The summed E-state index contributed by atoms with van der Waals surface area (Å²) in [5, 5.41) is 0. The Balaban J connectivity index is 1.71. The van der Waals surface area contributed by atoms with E-state index in [9.17, 15) is 8.42 Å². The topological polar surface area (TPSA) is 61.9 Å². The molecule has 1 aromatic rings. The molecule has 2 aliphatic heterocycles. The highest BCUT2D eigenvalue weighted by Crippen LogP contribution is 2.27. The number of nitrogens with zero attached hydrogens (tertiary/aromatic N) is 2. The van der Waals surface area contributed by atoms with Gasteiger partial charge in [0.1, 0.15) is 5.75 Å². The Bertz CT molecular complexity index is 681. The van der Waals surface area contributed by atoms with Crippen LogP contribution in [-0.4, -0.2) is 57.5 Å². The predicted molar refractivity (Wildman–Crippen MR) is 103 cm³/mol. The van der Waals surface area contributed by atoms with Crippen LogP contribution in [0.5, 0.6) is 5.75 Å². The van der Waals surface area contributed by atoms with Gasteiger partial charge in [-0.15, -0.1) is 0 Å². The SMILES string of the molecule is COc1cccc([C@H](CNS(=O)(=O)N2CCC(C)CC2)N2CCCC2)c1. The molecule has 0 bridgehead atoms. The van der Waals surface area contributed by atoms with Crippen LogP contribution in [0.3, 0.4) is 0 Å². The van der Waals surface area contributed by atoms with Crippen LogP contribution in [0.2, 0.25) is 0 Å². The van der Waals surface area contributed by atoms with Crippen molar-refractivity contribution < 1.29 is 13.2 Å². The zero-order valence-corrected chi connectivity index (χ0v) is 16.7. The second-order valence-electron chi connectivity index (χ2n) is 7.47. The quantitative estimate of drug-likeness (QED) is 0.788. The van der Waals surface area contributed by atoms with Crippen LogP contribution < -0.4 is 9.46 Å². The molecule has 2 saturated heterocycles. The average molecular weight is 382 g/mol. The van der Waals surface area contributed by atoms with Crippen LogP contribution in [0.15, 0.2) is 24.3 Å². The number of nitrogens with one attached hydrogen (secondary N) is 1. The molecular formula is C19H31N3O3S. The van der Waals surface area contributed by atoms with Crippen LogP contribution in [0.4, 0.5) is 0 Å². The molecule has 0 amide bonds. The minimum atomic E-state index is -3.43. The fourth-order valence-corrected chi connectivity index (χ4v) is 5.10. The third kappa shape index (κ3) is 4.76. The number of ether oxygens (including phenoxy) is 1. The molecule has 0 radical (unpaired) electrons. The van der Waals surface area contributed by atoms with Gasteiger partial charge in [-0.25, -0.2) is 4.72 Å². The Kier molecular flexibility index (Phi) is 6.55. The van der Waals surface area contributed by atoms with Crippen molar-refractivity contribution in [1.29, 1.82) is 0 Å². The summed E-state index contributed by atoms with van der Waals surface area (Å²) in [4.78, 5) is 2.37. The summed E-state index contributed by atoms with van der Waals surface area (Å²) in [7, 11) is -1.77. The third-order valence-corrected chi connectivity index (χ3v) is 7.18. The molecule has 2 aliphatic rings. The smallest absolute Gasteiger partial charge is 0.279 e. The Morgan fingerprint density at radius 2 is 1.88 bits per heavy atom. The number of benzene rings is 1. The molecule has 0 aliphatic carbocycles. The van der Waals surface area contributed by atoms with Crippen LogP contribution in [0, 0.1) is 5.92 Å². The van der Waals surface area contributed by atoms with Gasteiger partial charge < -0.3 is 4.74 Å². The summed E-state index contributed by atoms with van der Waals surface area (Å²) >= 11 is 0. The molecule has 2 fully saturated rings. The van der Waals surface area contributed by atoms with Gasteiger partial charge in [0.05, 0.1) is 7.11 Å². The highest BCUT2D eigenvalue weighted by molar-refractivity contribution is 7.87. The van der Waals surface area contributed by atoms with E-state index in [2.05, 4.69) is 22.6 Å². The molecule has 146 valence electrons. The predicted octanol–water partition coefficient (Wildman–Crippen LogP) is 2.40. The second-order valence-corrected chi connectivity index (χ2v) is 9.23. The number of hydrogen-bond acceptors (Lipinski definition) is 4. The first kappa shape index (κ1) is 19.6. The van der Waals surface area contributed by atoms with Crippen molar-refractivity contribution in [2.24, 2.45) is 5.92 Å². The summed E-state index contributed by atoms with van der Waals surface area (Å²) in [5.41, 5.74) is 1.10. The molecule has 0 unspecified atom stereocenters. The van der Waals surface area contributed by atoms with Gasteiger partial charge in [0.15, 0.2) is 0 Å². The van der Waals surface area contributed by atoms with Gasteiger partial charge in [-0.3, -0.25) is 4.90 Å². The molecular weight excluding hydrogens is 350 g/mol. The Labute approximate surface area is 157 Å². The largest absolute Gasteiger partial charge is 0.497 e. The van der Waals surface area contributed by atoms with Crippen molar-refractivity contribution in [3.63, 3.8) is 0 Å². The minimum Gasteiger partial charge on any atom is -0.497 e. The highest BCUT2D eigenvalue weighted by Gasteiger charge is 2.29. The molecule has 1 aromatic carbocycles. The second kappa shape index (κ2) is 8.69. The van der Waals surface area contributed by atoms with E-state index in [0.717, 1.165) is 50.1 Å². The van der Waals surface area contributed by atoms with Gasteiger partial charge in [-0.1, -0.05) is 19.1 Å². The summed E-state index contributed by atoms with van der Waals surface area (Å²) < 4.78 is 35.3. The van der Waals surface area contributed by atoms with E-state index in [4.69, 9.17) is 4.74 Å². The average Bonchev–Trinajstić information content (AvgIpc) is 3.17. The fourth-order valence-electron chi connectivity index (χ4n) is 3.86. The zero-order chi connectivity index (χ0) is 18.6. The Hall–Kier alpha value is -1.15. The first-order valence-corrected chi connectivity index (χ1v) is 11.1. The molecule has 0 saturated carbocycles. The fraction of sp³-hybridized carbons (Fsp3) is 0.684. The molecule has 1 atom stereocenters. The standard InChI is InChI=1S/C19H31N3O3S/c1-16-8-12-22(13-9-16)26(23,24)20-15-19(21-10-3-4-11-21)17-6-5-7-18(14-17)25-2/h5-7,14,16,19-20H,3-4,8-13,15H2,1-2H3/t19-/m0/s1. The van der Waals surface area contributed by atoms with E-state index >= 15 is 0 Å². The molecule has 6 nitrogen and oxygen atoms in total. The van der Waals surface area contributed by atoms with Crippen LogP contribution in [-0.2, 0) is 10.2 Å². The van der Waals surface area contributed by atoms with Crippen molar-refractivity contribution in [1.82, 2.24) is 13.9 Å². The van der Waals surface area contributed by atoms with Gasteiger partial charge in [0, 0.05) is 25.7 Å².